The van der Waals surface area contributed by atoms with Crippen molar-refractivity contribution in [3.05, 3.63) is 0 Å². The van der Waals surface area contributed by atoms with Crippen LogP contribution in [0.5, 0.6) is 0 Å². The molecule has 1 heteroatoms. The van der Waals surface area contributed by atoms with E-state index < -0.39 is 0 Å². The molecule has 17 heavy (non-hydrogen) atoms. The van der Waals surface area contributed by atoms with Crippen molar-refractivity contribution in [1.29, 1.82) is 0 Å². The van der Waals surface area contributed by atoms with Gasteiger partial charge in [-0.15, -0.1) is 0 Å². The molecule has 0 aromatic heterocycles. The molecule has 2 fully saturated rings. The van der Waals surface area contributed by atoms with Crippen LogP contribution in [0, 0.1) is 47.3 Å². The minimum Gasteiger partial charge on any atom is -0.393 e. The summed E-state index contributed by atoms with van der Waals surface area (Å²) in [6.45, 7) is 14.1. The van der Waals surface area contributed by atoms with E-state index in [0.717, 1.165) is 23.7 Å². The van der Waals surface area contributed by atoms with Crippen LogP contribution in [0.3, 0.4) is 0 Å². The molecule has 0 bridgehead atoms. The molecule has 0 heterocycles. The molecule has 0 saturated heterocycles. The molecule has 0 aromatic carbocycles. The van der Waals surface area contributed by atoms with Gasteiger partial charge in [-0.25, -0.2) is 0 Å². The van der Waals surface area contributed by atoms with Gasteiger partial charge in [-0.1, -0.05) is 41.5 Å². The van der Waals surface area contributed by atoms with Crippen LogP contribution >= 0.6 is 0 Å². The van der Waals surface area contributed by atoms with E-state index in [1.807, 2.05) is 0 Å². The van der Waals surface area contributed by atoms with Gasteiger partial charge in [0.15, 0.2) is 0 Å². The maximum Gasteiger partial charge on any atom is 0.0601 e. The Bertz CT molecular complexity index is 261. The van der Waals surface area contributed by atoms with Crippen LogP contribution in [0.15, 0.2) is 0 Å². The molecular formula is C16H30O. The van der Waals surface area contributed by atoms with E-state index in [1.54, 1.807) is 0 Å². The van der Waals surface area contributed by atoms with E-state index in [9.17, 15) is 5.11 Å². The lowest BCUT2D eigenvalue weighted by molar-refractivity contribution is 0.0451. The van der Waals surface area contributed by atoms with Gasteiger partial charge in [0.05, 0.1) is 6.10 Å². The predicted octanol–water partition coefficient (Wildman–Crippen LogP) is 3.81. The Balaban J connectivity index is 2.18. The van der Waals surface area contributed by atoms with Crippen molar-refractivity contribution in [2.75, 3.05) is 0 Å². The van der Waals surface area contributed by atoms with Gasteiger partial charge in [-0.2, -0.15) is 0 Å². The van der Waals surface area contributed by atoms with Gasteiger partial charge in [0.1, 0.15) is 0 Å². The first-order valence-corrected chi connectivity index (χ1v) is 7.54. The molecule has 9 unspecified atom stereocenters. The summed E-state index contributed by atoms with van der Waals surface area (Å²) >= 11 is 0. The molecule has 1 nitrogen and oxygen atoms in total. The number of rotatable bonds is 1. The smallest absolute Gasteiger partial charge is 0.0601 e. The molecule has 0 aliphatic heterocycles. The molecule has 1 N–H and O–H groups in total. The first-order chi connectivity index (χ1) is 7.86. The topological polar surface area (TPSA) is 20.2 Å². The Labute approximate surface area is 107 Å². The zero-order chi connectivity index (χ0) is 12.9. The molecule has 0 spiro atoms. The largest absolute Gasteiger partial charge is 0.393 e. The summed E-state index contributed by atoms with van der Waals surface area (Å²) in [7, 11) is 0. The monoisotopic (exact) mass is 238 g/mol. The summed E-state index contributed by atoms with van der Waals surface area (Å²) < 4.78 is 0. The summed E-state index contributed by atoms with van der Waals surface area (Å²) in [6, 6.07) is 0. The third-order valence-corrected chi connectivity index (χ3v) is 6.74. The molecule has 9 atom stereocenters. The second-order valence-electron chi connectivity index (χ2n) is 7.24. The van der Waals surface area contributed by atoms with Crippen LogP contribution in [0.1, 0.15) is 48.0 Å². The highest BCUT2D eigenvalue weighted by atomic mass is 16.3. The highest BCUT2D eigenvalue weighted by molar-refractivity contribution is 4.99. The highest BCUT2D eigenvalue weighted by Gasteiger charge is 2.50. The standard InChI is InChI=1S/C16H30O/c1-8-7-14(11(4)9(8)2)15-12(5)10(3)13(6)16(15)17/h8-17H,7H2,1-6H3. The maximum absolute atomic E-state index is 10.5. The molecule has 2 aliphatic rings. The zero-order valence-electron chi connectivity index (χ0n) is 12.4. The average Bonchev–Trinajstić information content (AvgIpc) is 2.64. The Kier molecular flexibility index (Phi) is 3.60. The minimum absolute atomic E-state index is 0.0649. The Morgan fingerprint density at radius 3 is 1.65 bits per heavy atom. The fourth-order valence-corrected chi connectivity index (χ4v) is 4.72. The van der Waals surface area contributed by atoms with E-state index >= 15 is 0 Å². The van der Waals surface area contributed by atoms with Crippen LogP contribution < -0.4 is 0 Å². The number of hydrogen-bond donors (Lipinski definition) is 1. The van der Waals surface area contributed by atoms with Gasteiger partial charge >= 0.3 is 0 Å². The van der Waals surface area contributed by atoms with E-state index in [0.29, 0.717) is 23.7 Å². The van der Waals surface area contributed by atoms with E-state index in [-0.39, 0.29) is 6.10 Å². The van der Waals surface area contributed by atoms with Gasteiger partial charge in [0.2, 0.25) is 0 Å². The number of aliphatic hydroxyl groups excluding tert-OH is 1. The lowest BCUT2D eigenvalue weighted by atomic mass is 9.76. The Morgan fingerprint density at radius 2 is 1.29 bits per heavy atom. The van der Waals surface area contributed by atoms with Gasteiger partial charge in [-0.05, 0) is 53.8 Å². The quantitative estimate of drug-likeness (QED) is 0.736. The average molecular weight is 238 g/mol. The van der Waals surface area contributed by atoms with Crippen molar-refractivity contribution in [2.45, 2.75) is 54.1 Å². The van der Waals surface area contributed by atoms with E-state index in [1.165, 1.54) is 6.42 Å². The van der Waals surface area contributed by atoms with Crippen LogP contribution in [-0.4, -0.2) is 11.2 Å². The first kappa shape index (κ1) is 13.4. The molecule has 0 amide bonds. The van der Waals surface area contributed by atoms with Crippen LogP contribution in [0.4, 0.5) is 0 Å². The summed E-state index contributed by atoms with van der Waals surface area (Å²) in [5.74, 6) is 5.57. The Morgan fingerprint density at radius 1 is 0.706 bits per heavy atom. The molecular weight excluding hydrogens is 208 g/mol. The lowest BCUT2D eigenvalue weighted by Gasteiger charge is -2.31. The summed E-state index contributed by atoms with van der Waals surface area (Å²) in [5.41, 5.74) is 0. The van der Waals surface area contributed by atoms with Crippen LogP contribution in [-0.2, 0) is 0 Å². The number of aliphatic hydroxyl groups is 1. The minimum atomic E-state index is -0.0649. The van der Waals surface area contributed by atoms with Gasteiger partial charge in [0.25, 0.3) is 0 Å². The van der Waals surface area contributed by atoms with E-state index in [4.69, 9.17) is 0 Å². The molecule has 2 rings (SSSR count). The highest BCUT2D eigenvalue weighted by Crippen LogP contribution is 2.53. The lowest BCUT2D eigenvalue weighted by Crippen LogP contribution is -2.31. The summed E-state index contributed by atoms with van der Waals surface area (Å²) in [5, 5.41) is 10.5. The van der Waals surface area contributed by atoms with Gasteiger partial charge < -0.3 is 5.11 Å². The van der Waals surface area contributed by atoms with Gasteiger partial charge in [0, 0.05) is 0 Å². The fourth-order valence-electron chi connectivity index (χ4n) is 4.72. The maximum atomic E-state index is 10.5. The second kappa shape index (κ2) is 4.57. The summed E-state index contributed by atoms with van der Waals surface area (Å²) in [6.07, 6.45) is 1.26. The number of hydrogen-bond acceptors (Lipinski definition) is 1. The fraction of sp³-hybridized carbons (Fsp3) is 1.00. The second-order valence-corrected chi connectivity index (χ2v) is 7.24. The molecule has 0 aromatic rings. The van der Waals surface area contributed by atoms with Crippen molar-refractivity contribution >= 4 is 0 Å². The third kappa shape index (κ3) is 1.95. The van der Waals surface area contributed by atoms with Crippen molar-refractivity contribution in [1.82, 2.24) is 0 Å². The van der Waals surface area contributed by atoms with E-state index in [2.05, 4.69) is 41.5 Å². The molecule has 100 valence electrons. The molecule has 2 aliphatic carbocycles. The summed E-state index contributed by atoms with van der Waals surface area (Å²) in [4.78, 5) is 0. The first-order valence-electron chi connectivity index (χ1n) is 7.54. The zero-order valence-corrected chi connectivity index (χ0v) is 12.4. The molecule has 0 radical (unpaired) electrons. The van der Waals surface area contributed by atoms with Gasteiger partial charge in [-0.3, -0.25) is 0 Å². The third-order valence-electron chi connectivity index (χ3n) is 6.74. The molecule has 2 saturated carbocycles. The predicted molar refractivity (Wildman–Crippen MR) is 72.6 cm³/mol. The van der Waals surface area contributed by atoms with Crippen molar-refractivity contribution in [2.24, 2.45) is 47.3 Å². The van der Waals surface area contributed by atoms with Crippen LogP contribution in [0.25, 0.3) is 0 Å². The Hall–Kier alpha value is -0.0400. The SMILES string of the molecule is CC1CC(C2C(C)C(C)C(C)C2O)C(C)C1C. The van der Waals surface area contributed by atoms with Crippen molar-refractivity contribution in [3.63, 3.8) is 0 Å². The van der Waals surface area contributed by atoms with Crippen LogP contribution in [0.2, 0.25) is 0 Å². The van der Waals surface area contributed by atoms with Crippen molar-refractivity contribution < 1.29 is 5.11 Å². The normalized spacial score (nSPS) is 59.8. The van der Waals surface area contributed by atoms with Crippen molar-refractivity contribution in [3.8, 4) is 0 Å².